The van der Waals surface area contributed by atoms with Gasteiger partial charge in [-0.05, 0) is 30.0 Å². The first kappa shape index (κ1) is 15.7. The molecule has 0 aliphatic rings. The van der Waals surface area contributed by atoms with Crippen molar-refractivity contribution in [1.29, 1.82) is 5.26 Å². The molecule has 0 unspecified atom stereocenters. The summed E-state index contributed by atoms with van der Waals surface area (Å²) < 4.78 is 7.23. The number of nitrogens with zero attached hydrogens (tertiary/aromatic N) is 5. The Morgan fingerprint density at radius 2 is 2.22 bits per heavy atom. The summed E-state index contributed by atoms with van der Waals surface area (Å²) in [5.74, 6) is 0. The predicted molar refractivity (Wildman–Crippen MR) is 87.5 cm³/mol. The normalized spacial score (nSPS) is 10.8. The predicted octanol–water partition coefficient (Wildman–Crippen LogP) is 3.15. The lowest BCUT2D eigenvalue weighted by molar-refractivity contribution is 0.186. The molecule has 3 aromatic rings. The van der Waals surface area contributed by atoms with Crippen molar-refractivity contribution in [3.63, 3.8) is 0 Å². The number of hydrogen-bond acceptors (Lipinski definition) is 6. The topological polar surface area (TPSA) is 76.6 Å². The largest absolute Gasteiger partial charge is 0.383 e. The number of benzene rings is 1. The van der Waals surface area contributed by atoms with Crippen LogP contribution in [0.3, 0.4) is 0 Å². The van der Waals surface area contributed by atoms with Gasteiger partial charge in [0.1, 0.15) is 23.1 Å². The number of methoxy groups -OCH3 is 1. The third kappa shape index (κ3) is 3.45. The highest BCUT2D eigenvalue weighted by molar-refractivity contribution is 7.99. The summed E-state index contributed by atoms with van der Waals surface area (Å²) in [6.45, 7) is 1.22. The average molecular weight is 346 g/mol. The Balaban J connectivity index is 2.02. The monoisotopic (exact) mass is 345 g/mol. The third-order valence-electron chi connectivity index (χ3n) is 3.15. The maximum atomic E-state index is 8.94. The van der Waals surface area contributed by atoms with Gasteiger partial charge in [0.25, 0.3) is 0 Å². The molecule has 0 aliphatic heterocycles. The van der Waals surface area contributed by atoms with Crippen LogP contribution in [0, 0.1) is 11.3 Å². The SMILES string of the molecule is COCCn1c(Sc2cc(C#N)ncn2)nc2cc(Cl)ccc21. The second kappa shape index (κ2) is 6.96. The highest BCUT2D eigenvalue weighted by Gasteiger charge is 2.13. The Morgan fingerprint density at radius 1 is 1.35 bits per heavy atom. The van der Waals surface area contributed by atoms with Crippen LogP contribution in [0.1, 0.15) is 5.69 Å². The van der Waals surface area contributed by atoms with Crippen molar-refractivity contribution in [3.8, 4) is 6.07 Å². The van der Waals surface area contributed by atoms with E-state index in [2.05, 4.69) is 15.0 Å². The van der Waals surface area contributed by atoms with Crippen molar-refractivity contribution in [2.45, 2.75) is 16.7 Å². The van der Waals surface area contributed by atoms with E-state index in [0.29, 0.717) is 28.9 Å². The lowest BCUT2D eigenvalue weighted by Gasteiger charge is -2.07. The summed E-state index contributed by atoms with van der Waals surface area (Å²) in [5.41, 5.74) is 2.11. The van der Waals surface area contributed by atoms with Gasteiger partial charge >= 0.3 is 0 Å². The Hall–Kier alpha value is -2.14. The summed E-state index contributed by atoms with van der Waals surface area (Å²) in [4.78, 5) is 12.7. The molecule has 0 spiro atoms. The second-order valence-corrected chi connectivity index (χ2v) is 6.05. The summed E-state index contributed by atoms with van der Waals surface area (Å²) in [6.07, 6.45) is 1.37. The van der Waals surface area contributed by atoms with Crippen molar-refractivity contribution in [1.82, 2.24) is 19.5 Å². The van der Waals surface area contributed by atoms with E-state index < -0.39 is 0 Å². The van der Waals surface area contributed by atoms with E-state index in [9.17, 15) is 0 Å². The first-order chi connectivity index (χ1) is 11.2. The van der Waals surface area contributed by atoms with Gasteiger partial charge in [-0.15, -0.1) is 0 Å². The van der Waals surface area contributed by atoms with E-state index in [1.165, 1.54) is 18.1 Å². The Labute approximate surface area is 142 Å². The van der Waals surface area contributed by atoms with Crippen LogP contribution >= 0.6 is 23.4 Å². The lowest BCUT2D eigenvalue weighted by Crippen LogP contribution is -2.05. The minimum atomic E-state index is 0.324. The van der Waals surface area contributed by atoms with Gasteiger partial charge in [0.2, 0.25) is 0 Å². The quantitative estimate of drug-likeness (QED) is 0.661. The molecule has 1 aromatic carbocycles. The molecule has 0 radical (unpaired) electrons. The minimum absolute atomic E-state index is 0.324. The fraction of sp³-hybridized carbons (Fsp3) is 0.200. The fourth-order valence-corrected chi connectivity index (χ4v) is 3.17. The minimum Gasteiger partial charge on any atom is -0.383 e. The van der Waals surface area contributed by atoms with Gasteiger partial charge < -0.3 is 9.30 Å². The maximum absolute atomic E-state index is 8.94. The maximum Gasteiger partial charge on any atom is 0.175 e. The van der Waals surface area contributed by atoms with Crippen LogP contribution in [-0.2, 0) is 11.3 Å². The first-order valence-electron chi connectivity index (χ1n) is 6.76. The molecule has 0 bridgehead atoms. The van der Waals surface area contributed by atoms with Gasteiger partial charge in [-0.3, -0.25) is 0 Å². The summed E-state index contributed by atoms with van der Waals surface area (Å²) in [7, 11) is 1.66. The highest BCUT2D eigenvalue weighted by atomic mass is 35.5. The number of ether oxygens (including phenoxy) is 1. The highest BCUT2D eigenvalue weighted by Crippen LogP contribution is 2.30. The standard InChI is InChI=1S/C15H12ClN5OS/c1-22-5-4-21-13-3-2-10(16)6-12(13)20-15(21)23-14-7-11(8-17)18-9-19-14/h2-3,6-7,9H,4-5H2,1H3. The van der Waals surface area contributed by atoms with Gasteiger partial charge in [0.05, 0.1) is 17.6 Å². The molecule has 23 heavy (non-hydrogen) atoms. The van der Waals surface area contributed by atoms with E-state index in [4.69, 9.17) is 21.6 Å². The molecule has 0 amide bonds. The number of fused-ring (bicyclic) bond motifs is 1. The van der Waals surface area contributed by atoms with Crippen molar-refractivity contribution < 1.29 is 4.74 Å². The number of halogens is 1. The Kier molecular flexibility index (Phi) is 4.76. The summed E-state index contributed by atoms with van der Waals surface area (Å²) >= 11 is 7.42. The number of nitriles is 1. The zero-order chi connectivity index (χ0) is 16.2. The van der Waals surface area contributed by atoms with E-state index in [-0.39, 0.29) is 0 Å². The van der Waals surface area contributed by atoms with Crippen molar-refractivity contribution in [2.24, 2.45) is 0 Å². The molecule has 0 saturated carbocycles. The summed E-state index contributed by atoms with van der Waals surface area (Å²) in [6, 6.07) is 9.24. The summed E-state index contributed by atoms with van der Waals surface area (Å²) in [5, 5.41) is 11.0. The smallest absolute Gasteiger partial charge is 0.175 e. The fourth-order valence-electron chi connectivity index (χ4n) is 2.11. The molecule has 0 atom stereocenters. The third-order valence-corrected chi connectivity index (χ3v) is 4.31. The molecule has 0 saturated heterocycles. The zero-order valence-electron chi connectivity index (χ0n) is 12.2. The average Bonchev–Trinajstić information content (AvgIpc) is 2.89. The number of rotatable bonds is 5. The number of hydrogen-bond donors (Lipinski definition) is 0. The van der Waals surface area contributed by atoms with Crippen LogP contribution in [0.15, 0.2) is 40.8 Å². The zero-order valence-corrected chi connectivity index (χ0v) is 13.8. The van der Waals surface area contributed by atoms with E-state index >= 15 is 0 Å². The number of aromatic nitrogens is 4. The molecule has 3 rings (SSSR count). The molecule has 116 valence electrons. The van der Waals surface area contributed by atoms with Crippen LogP contribution in [0.2, 0.25) is 5.02 Å². The van der Waals surface area contributed by atoms with Crippen molar-refractivity contribution in [2.75, 3.05) is 13.7 Å². The molecular formula is C15H12ClN5OS. The van der Waals surface area contributed by atoms with Crippen molar-refractivity contribution >= 4 is 34.4 Å². The molecule has 0 N–H and O–H groups in total. The Bertz CT molecular complexity index is 889. The van der Waals surface area contributed by atoms with E-state index in [0.717, 1.165) is 16.2 Å². The van der Waals surface area contributed by atoms with E-state index in [1.807, 2.05) is 28.8 Å². The van der Waals surface area contributed by atoms with Crippen LogP contribution in [0.4, 0.5) is 0 Å². The lowest BCUT2D eigenvalue weighted by atomic mass is 10.3. The molecule has 2 heterocycles. The first-order valence-corrected chi connectivity index (χ1v) is 7.95. The van der Waals surface area contributed by atoms with E-state index in [1.54, 1.807) is 13.2 Å². The van der Waals surface area contributed by atoms with Crippen LogP contribution < -0.4 is 0 Å². The van der Waals surface area contributed by atoms with Gasteiger partial charge in [0, 0.05) is 24.7 Å². The van der Waals surface area contributed by atoms with Gasteiger partial charge in [0.15, 0.2) is 5.16 Å². The van der Waals surface area contributed by atoms with Crippen LogP contribution in [-0.4, -0.2) is 33.2 Å². The number of imidazole rings is 1. The van der Waals surface area contributed by atoms with Gasteiger partial charge in [-0.25, -0.2) is 15.0 Å². The van der Waals surface area contributed by atoms with Crippen molar-refractivity contribution in [3.05, 3.63) is 41.3 Å². The van der Waals surface area contributed by atoms with Gasteiger partial charge in [-0.2, -0.15) is 5.26 Å². The van der Waals surface area contributed by atoms with Crippen LogP contribution in [0.25, 0.3) is 11.0 Å². The molecule has 6 nitrogen and oxygen atoms in total. The molecule has 8 heteroatoms. The molecular weight excluding hydrogens is 334 g/mol. The molecule has 2 aromatic heterocycles. The van der Waals surface area contributed by atoms with Gasteiger partial charge in [-0.1, -0.05) is 11.6 Å². The molecule has 0 fully saturated rings. The molecule has 0 aliphatic carbocycles. The van der Waals surface area contributed by atoms with Crippen LogP contribution in [0.5, 0.6) is 0 Å². The second-order valence-electron chi connectivity index (χ2n) is 4.63. The Morgan fingerprint density at radius 3 is 3.00 bits per heavy atom.